The lowest BCUT2D eigenvalue weighted by molar-refractivity contribution is 0.661. The minimum Gasteiger partial charge on any atom is -0.310 e. The highest BCUT2D eigenvalue weighted by molar-refractivity contribution is 9.10. The van der Waals surface area contributed by atoms with E-state index in [2.05, 4.69) is 449 Å². The second-order valence-corrected chi connectivity index (χ2v) is 35.3. The molecule has 568 valence electrons. The average molecular weight is 1590 g/mol. The van der Waals surface area contributed by atoms with Crippen LogP contribution in [0.2, 0.25) is 0 Å². The molecular weight excluding hydrogens is 1500 g/mol. The first-order valence-electron chi connectivity index (χ1n) is 41.7. The van der Waals surface area contributed by atoms with Crippen molar-refractivity contribution >= 4 is 163 Å². The Morgan fingerprint density at radius 1 is 0.244 bits per heavy atom. The van der Waals surface area contributed by atoms with Gasteiger partial charge in [0.15, 0.2) is 0 Å². The van der Waals surface area contributed by atoms with Crippen LogP contribution in [0.1, 0.15) is 83.3 Å². The van der Waals surface area contributed by atoms with Crippen molar-refractivity contribution in [3.63, 3.8) is 0 Å². The van der Waals surface area contributed by atoms with Crippen LogP contribution in [0.5, 0.6) is 0 Å². The van der Waals surface area contributed by atoms with E-state index in [1.165, 1.54) is 213 Å². The van der Waals surface area contributed by atoms with Gasteiger partial charge in [-0.1, -0.05) is 297 Å². The van der Waals surface area contributed by atoms with Crippen molar-refractivity contribution in [3.05, 3.63) is 424 Å². The maximum atomic E-state index is 3.75. The summed E-state index contributed by atoms with van der Waals surface area (Å²) in [7, 11) is 0. The predicted octanol–water partition coefficient (Wildman–Crippen LogP) is 32.1. The van der Waals surface area contributed by atoms with Crippen molar-refractivity contribution in [2.24, 2.45) is 0 Å². The fourth-order valence-electron chi connectivity index (χ4n) is 20.6. The maximum absolute atomic E-state index is 3.75. The molecule has 2 aliphatic carbocycles. The van der Waals surface area contributed by atoms with E-state index in [0.29, 0.717) is 0 Å². The van der Waals surface area contributed by atoms with Gasteiger partial charge in [0.1, 0.15) is 0 Å². The molecule has 0 saturated carbocycles. The molecule has 0 aliphatic heterocycles. The summed E-state index contributed by atoms with van der Waals surface area (Å²) < 4.78 is 6.01. The van der Waals surface area contributed by atoms with Crippen LogP contribution < -0.4 is 4.90 Å². The normalized spacial score (nSPS) is 13.1. The van der Waals surface area contributed by atoms with Crippen molar-refractivity contribution in [1.82, 2.24) is 9.13 Å². The van der Waals surface area contributed by atoms with E-state index >= 15 is 0 Å². The number of hydrogen-bond acceptors (Lipinski definition) is 1. The molecule has 0 fully saturated rings. The molecule has 0 atom stereocenters. The fraction of sp³-hybridized carbons (Fsp3) is 0.0957. The van der Waals surface area contributed by atoms with E-state index in [1.807, 2.05) is 0 Å². The van der Waals surface area contributed by atoms with Gasteiger partial charge in [-0.25, -0.2) is 0 Å². The van der Waals surface area contributed by atoms with Crippen LogP contribution in [0.15, 0.2) is 368 Å². The highest BCUT2D eigenvalue weighted by Crippen LogP contribution is 2.57. The number of aryl methyl sites for hydroxylation is 4. The Hall–Kier alpha value is -13.6. The number of halogens is 1. The third-order valence-corrected chi connectivity index (χ3v) is 26.6. The van der Waals surface area contributed by atoms with E-state index in [0.717, 1.165) is 33.6 Å². The molecule has 0 bridgehead atoms. The van der Waals surface area contributed by atoms with Gasteiger partial charge in [0.25, 0.3) is 0 Å². The van der Waals surface area contributed by atoms with Crippen molar-refractivity contribution in [2.75, 3.05) is 4.90 Å². The fourth-order valence-corrected chi connectivity index (χ4v) is 20.9. The topological polar surface area (TPSA) is 13.1 Å². The zero-order chi connectivity index (χ0) is 80.3. The molecule has 0 unspecified atom stereocenters. The third-order valence-electron chi connectivity index (χ3n) is 26.1. The Labute approximate surface area is 702 Å². The van der Waals surface area contributed by atoms with Crippen LogP contribution in [0.25, 0.3) is 163 Å². The molecule has 0 saturated heterocycles. The SMILES string of the molecule is CC1(C)c2cc3c(cc2-c2cc4c5ccc(Br)cc5n(-c5ccccc5)c4cc21)c1ccccc1c1ccc2ccccc2c13.Cc1cccc(Cc2cccc(C)c2)c1.Cc1cccc(N(c2cccc(C)c2)c2ccc3c4cc5c(cc4n(-c4ccccc4)c3c2)C(C)(C)c2cc3c(cc2-5)c2ccccc2c2ccc4ccccc4c23)c1. The lowest BCUT2D eigenvalue weighted by Crippen LogP contribution is -2.15. The molecule has 0 radical (unpaired) electrons. The van der Waals surface area contributed by atoms with Crippen LogP contribution in [-0.2, 0) is 17.3 Å². The van der Waals surface area contributed by atoms with Gasteiger partial charge in [-0.3, -0.25) is 0 Å². The van der Waals surface area contributed by atoms with Crippen LogP contribution in [-0.4, -0.2) is 9.13 Å². The molecule has 2 aliphatic rings. The van der Waals surface area contributed by atoms with Crippen molar-refractivity contribution in [2.45, 2.75) is 72.6 Å². The zero-order valence-electron chi connectivity index (χ0n) is 68.1. The summed E-state index contributed by atoms with van der Waals surface area (Å²) in [6.07, 6.45) is 1.03. The first-order chi connectivity index (χ1) is 58.1. The summed E-state index contributed by atoms with van der Waals surface area (Å²) >= 11 is 3.75. The Balaban J connectivity index is 0.000000125. The second-order valence-electron chi connectivity index (χ2n) is 34.3. The molecule has 20 aromatic carbocycles. The molecule has 2 aromatic heterocycles. The minimum atomic E-state index is -0.216. The summed E-state index contributed by atoms with van der Waals surface area (Å²) in [5.74, 6) is 0. The smallest absolute Gasteiger partial charge is 0.0561 e. The number of rotatable bonds is 7. The molecular formula is C115H86BrN3. The standard InChI is InChI=1S/C57H42N2.C43H28BrN.C15H16/c1-35-14-12-19-39(28-35)58(40-20-13-15-36(2)29-40)41-25-27-45-50-32-49-48-31-47-44-23-11-10-22-43(44)46-26-24-37-16-8-9-21-42(37)56(46)51(47)33-52(48)57(3,4)53(49)34-55(50)59(54(45)30-41)38-17-6-5-7-18-38;1-43(2)38-23-37-33(30-15-9-8-14-29(30)32-18-16-25-10-6-7-13-28(25)42(32)37)21-34(38)35-22-36-31-19-17-26(44)20-40(31)45(41(36)24-39(35)43)27-11-4-3-5-12-27;1-12-5-3-7-14(9-12)11-15-8-4-6-13(2)10-15/h5-34H,1-4H3;3-24H,1-2H3;3-10H,11H2,1-2H3. The van der Waals surface area contributed by atoms with Gasteiger partial charge >= 0.3 is 0 Å². The summed E-state index contributed by atoms with van der Waals surface area (Å²) in [6.45, 7) is 18.3. The van der Waals surface area contributed by atoms with Crippen molar-refractivity contribution in [1.29, 1.82) is 0 Å². The van der Waals surface area contributed by atoms with Gasteiger partial charge in [-0.15, -0.1) is 0 Å². The van der Waals surface area contributed by atoms with E-state index < -0.39 is 0 Å². The third kappa shape index (κ3) is 11.7. The van der Waals surface area contributed by atoms with E-state index in [9.17, 15) is 0 Å². The summed E-state index contributed by atoms with van der Waals surface area (Å²) in [5.41, 5.74) is 29.1. The zero-order valence-corrected chi connectivity index (χ0v) is 69.7. The quantitative estimate of drug-likeness (QED) is 0.145. The molecule has 119 heavy (non-hydrogen) atoms. The molecule has 0 spiro atoms. The lowest BCUT2D eigenvalue weighted by atomic mass is 9.80. The number of fused-ring (bicyclic) bond motifs is 28. The number of anilines is 3. The highest BCUT2D eigenvalue weighted by atomic mass is 79.9. The van der Waals surface area contributed by atoms with E-state index in [4.69, 9.17) is 0 Å². The summed E-state index contributed by atoms with van der Waals surface area (Å²) in [5, 5.41) is 26.2. The molecule has 2 heterocycles. The molecule has 4 heteroatoms. The lowest BCUT2D eigenvalue weighted by Gasteiger charge is -2.26. The molecule has 24 rings (SSSR count). The Kier molecular flexibility index (Phi) is 16.8. The van der Waals surface area contributed by atoms with Crippen LogP contribution >= 0.6 is 15.9 Å². The number of nitrogens with zero attached hydrogens (tertiary/aromatic N) is 3. The monoisotopic (exact) mass is 1590 g/mol. The van der Waals surface area contributed by atoms with Crippen molar-refractivity contribution < 1.29 is 0 Å². The Morgan fingerprint density at radius 2 is 0.588 bits per heavy atom. The van der Waals surface area contributed by atoms with Crippen LogP contribution in [0.4, 0.5) is 17.1 Å². The van der Waals surface area contributed by atoms with Gasteiger partial charge in [0.05, 0.1) is 22.1 Å². The van der Waals surface area contributed by atoms with Crippen LogP contribution in [0.3, 0.4) is 0 Å². The highest BCUT2D eigenvalue weighted by Gasteiger charge is 2.40. The predicted molar refractivity (Wildman–Crippen MR) is 514 cm³/mol. The summed E-state index contributed by atoms with van der Waals surface area (Å²) in [6, 6.07) is 135. The Bertz CT molecular complexity index is 7920. The molecule has 0 amide bonds. The van der Waals surface area contributed by atoms with E-state index in [-0.39, 0.29) is 10.8 Å². The molecule has 22 aromatic rings. The van der Waals surface area contributed by atoms with Crippen molar-refractivity contribution in [3.8, 4) is 33.6 Å². The van der Waals surface area contributed by atoms with E-state index in [1.54, 1.807) is 0 Å². The van der Waals surface area contributed by atoms with Gasteiger partial charge in [-0.2, -0.15) is 0 Å². The van der Waals surface area contributed by atoms with Gasteiger partial charge in [-0.05, 0) is 308 Å². The maximum Gasteiger partial charge on any atom is 0.0561 e. The summed E-state index contributed by atoms with van der Waals surface area (Å²) in [4.78, 5) is 2.40. The number of aromatic nitrogens is 2. The Morgan fingerprint density at radius 3 is 1.03 bits per heavy atom. The molecule has 3 nitrogen and oxygen atoms in total. The second kappa shape index (κ2) is 27.8. The van der Waals surface area contributed by atoms with Crippen LogP contribution in [0, 0.1) is 27.7 Å². The molecule has 0 N–H and O–H groups in total. The van der Waals surface area contributed by atoms with Gasteiger partial charge in [0, 0.05) is 65.3 Å². The van der Waals surface area contributed by atoms with Gasteiger partial charge in [0.2, 0.25) is 0 Å². The van der Waals surface area contributed by atoms with Gasteiger partial charge < -0.3 is 14.0 Å². The average Bonchev–Trinajstić information content (AvgIpc) is 1.56. The first kappa shape index (κ1) is 71.9. The largest absolute Gasteiger partial charge is 0.310 e. The minimum absolute atomic E-state index is 0.159. The number of hydrogen-bond donors (Lipinski definition) is 0. The first-order valence-corrected chi connectivity index (χ1v) is 42.5. The number of para-hydroxylation sites is 2. The number of benzene rings is 20.